The Morgan fingerprint density at radius 3 is 2.39 bits per heavy atom. The van der Waals surface area contributed by atoms with Crippen LogP contribution in [-0.2, 0) is 9.53 Å². The summed E-state index contributed by atoms with van der Waals surface area (Å²) in [5.41, 5.74) is -0.168. The Morgan fingerprint density at radius 1 is 1.28 bits per heavy atom. The molecule has 2 nitrogen and oxygen atoms in total. The minimum Gasteiger partial charge on any atom is -0.368 e. The van der Waals surface area contributed by atoms with Gasteiger partial charge in [-0.15, -0.1) is 12.3 Å². The molecule has 1 aliphatic rings. The second-order valence-electron chi connectivity index (χ2n) is 6.07. The fourth-order valence-corrected chi connectivity index (χ4v) is 2.69. The first-order chi connectivity index (χ1) is 8.46. The zero-order chi connectivity index (χ0) is 13.6. The van der Waals surface area contributed by atoms with Crippen LogP contribution in [0.4, 0.5) is 0 Å². The number of Topliss-reactive ketones (excluding diaryl/α,β-unsaturated/α-hetero) is 1. The summed E-state index contributed by atoms with van der Waals surface area (Å²) in [6.45, 7) is 7.12. The van der Waals surface area contributed by atoms with Gasteiger partial charge in [0.15, 0.2) is 5.78 Å². The average molecular weight is 250 g/mol. The molecule has 0 N–H and O–H groups in total. The van der Waals surface area contributed by atoms with Crippen molar-refractivity contribution in [2.24, 2.45) is 5.41 Å². The molecule has 0 aromatic rings. The molecule has 102 valence electrons. The molecular formula is C16H26O2. The van der Waals surface area contributed by atoms with Crippen LogP contribution in [0.3, 0.4) is 0 Å². The van der Waals surface area contributed by atoms with E-state index in [-0.39, 0.29) is 5.78 Å². The summed E-state index contributed by atoms with van der Waals surface area (Å²) in [6.07, 6.45) is 11.1. The fraction of sp³-hybridized carbons (Fsp3) is 0.812. The summed E-state index contributed by atoms with van der Waals surface area (Å²) < 4.78 is 5.86. The van der Waals surface area contributed by atoms with Crippen LogP contribution in [0.25, 0.3) is 0 Å². The number of carbonyl (C=O) groups excluding carboxylic acids is 1. The lowest BCUT2D eigenvalue weighted by Gasteiger charge is -2.42. The summed E-state index contributed by atoms with van der Waals surface area (Å²) in [4.78, 5) is 12.4. The molecule has 0 aromatic carbocycles. The number of hydrogen-bond acceptors (Lipinski definition) is 2. The minimum absolute atomic E-state index is 0.259. The fourth-order valence-electron chi connectivity index (χ4n) is 2.69. The maximum Gasteiger partial charge on any atom is 0.164 e. The summed E-state index contributed by atoms with van der Waals surface area (Å²) >= 11 is 0. The van der Waals surface area contributed by atoms with Gasteiger partial charge in [-0.2, -0.15) is 0 Å². The van der Waals surface area contributed by atoms with Crippen molar-refractivity contribution in [1.29, 1.82) is 0 Å². The first-order valence-corrected chi connectivity index (χ1v) is 7.06. The van der Waals surface area contributed by atoms with Gasteiger partial charge < -0.3 is 4.74 Å². The van der Waals surface area contributed by atoms with Crippen LogP contribution in [0.15, 0.2) is 0 Å². The SMILES string of the molecule is C#CCCCC(=O)C1(OCC)CCC(C)(C)CC1. The molecule has 0 unspecified atom stereocenters. The molecule has 0 aliphatic heterocycles. The Morgan fingerprint density at radius 2 is 1.89 bits per heavy atom. The predicted octanol–water partition coefficient (Wildman–Crippen LogP) is 3.73. The largest absolute Gasteiger partial charge is 0.368 e. The highest BCUT2D eigenvalue weighted by molar-refractivity contribution is 5.87. The van der Waals surface area contributed by atoms with Gasteiger partial charge in [0.25, 0.3) is 0 Å². The molecule has 18 heavy (non-hydrogen) atoms. The summed E-state index contributed by atoms with van der Waals surface area (Å²) in [5.74, 6) is 2.85. The van der Waals surface area contributed by atoms with Crippen LogP contribution in [0, 0.1) is 17.8 Å². The van der Waals surface area contributed by atoms with E-state index in [0.717, 1.165) is 32.1 Å². The normalized spacial score (nSPS) is 21.2. The monoisotopic (exact) mass is 250 g/mol. The molecule has 0 atom stereocenters. The number of ketones is 1. The van der Waals surface area contributed by atoms with Gasteiger partial charge in [-0.05, 0) is 44.4 Å². The van der Waals surface area contributed by atoms with Crippen molar-refractivity contribution in [3.63, 3.8) is 0 Å². The van der Waals surface area contributed by atoms with Crippen molar-refractivity contribution < 1.29 is 9.53 Å². The predicted molar refractivity (Wildman–Crippen MR) is 74.3 cm³/mol. The van der Waals surface area contributed by atoms with Crippen LogP contribution in [0.5, 0.6) is 0 Å². The van der Waals surface area contributed by atoms with Gasteiger partial charge in [0.05, 0.1) is 0 Å². The highest BCUT2D eigenvalue weighted by Gasteiger charge is 2.43. The number of terminal acetylenes is 1. The molecule has 0 bridgehead atoms. The van der Waals surface area contributed by atoms with E-state index in [1.807, 2.05) is 6.92 Å². The van der Waals surface area contributed by atoms with Gasteiger partial charge >= 0.3 is 0 Å². The minimum atomic E-state index is -0.515. The number of rotatable bonds is 6. The molecule has 1 saturated carbocycles. The highest BCUT2D eigenvalue weighted by Crippen LogP contribution is 2.43. The molecule has 1 aliphatic carbocycles. The second-order valence-corrected chi connectivity index (χ2v) is 6.07. The van der Waals surface area contributed by atoms with E-state index >= 15 is 0 Å². The number of hydrogen-bond donors (Lipinski definition) is 0. The quantitative estimate of drug-likeness (QED) is 0.530. The van der Waals surface area contributed by atoms with Crippen LogP contribution in [0.1, 0.15) is 65.7 Å². The molecule has 1 fully saturated rings. The van der Waals surface area contributed by atoms with Crippen molar-refractivity contribution in [2.45, 2.75) is 71.3 Å². The van der Waals surface area contributed by atoms with Crippen molar-refractivity contribution in [2.75, 3.05) is 6.61 Å². The van der Waals surface area contributed by atoms with Crippen LogP contribution in [0.2, 0.25) is 0 Å². The van der Waals surface area contributed by atoms with E-state index < -0.39 is 5.60 Å². The Hall–Kier alpha value is -0.810. The second kappa shape index (κ2) is 6.38. The molecular weight excluding hydrogens is 224 g/mol. The van der Waals surface area contributed by atoms with E-state index in [4.69, 9.17) is 11.2 Å². The van der Waals surface area contributed by atoms with E-state index in [2.05, 4.69) is 19.8 Å². The molecule has 0 saturated heterocycles. The zero-order valence-electron chi connectivity index (χ0n) is 12.1. The van der Waals surface area contributed by atoms with Crippen molar-refractivity contribution in [1.82, 2.24) is 0 Å². The molecule has 2 heteroatoms. The third-order valence-electron chi connectivity index (χ3n) is 4.06. The van der Waals surface area contributed by atoms with E-state index in [1.165, 1.54) is 0 Å². The third kappa shape index (κ3) is 3.85. The Labute approximate surface area is 111 Å². The highest BCUT2D eigenvalue weighted by atomic mass is 16.5. The molecule has 0 amide bonds. The lowest BCUT2D eigenvalue weighted by atomic mass is 9.69. The Kier molecular flexibility index (Phi) is 5.41. The molecule has 0 radical (unpaired) electrons. The van der Waals surface area contributed by atoms with Crippen molar-refractivity contribution >= 4 is 5.78 Å². The van der Waals surface area contributed by atoms with E-state index in [1.54, 1.807) is 0 Å². The average Bonchev–Trinajstić information content (AvgIpc) is 2.33. The summed E-state index contributed by atoms with van der Waals surface area (Å²) in [5, 5.41) is 0. The maximum absolute atomic E-state index is 12.4. The van der Waals surface area contributed by atoms with Crippen LogP contribution < -0.4 is 0 Å². The molecule has 0 spiro atoms. The maximum atomic E-state index is 12.4. The van der Waals surface area contributed by atoms with Crippen LogP contribution >= 0.6 is 0 Å². The lowest BCUT2D eigenvalue weighted by molar-refractivity contribution is -0.152. The first kappa shape index (κ1) is 15.2. The Bertz CT molecular complexity index is 312. The standard InChI is InChI=1S/C16H26O2/c1-5-7-8-9-14(17)16(18-6-2)12-10-15(3,4)11-13-16/h1H,6-13H2,2-4H3. The van der Waals surface area contributed by atoms with Gasteiger partial charge in [0, 0.05) is 19.4 Å². The van der Waals surface area contributed by atoms with Crippen molar-refractivity contribution in [3.05, 3.63) is 0 Å². The Balaban J connectivity index is 2.64. The third-order valence-corrected chi connectivity index (χ3v) is 4.06. The smallest absolute Gasteiger partial charge is 0.164 e. The first-order valence-electron chi connectivity index (χ1n) is 7.06. The summed E-state index contributed by atoms with van der Waals surface area (Å²) in [7, 11) is 0. The van der Waals surface area contributed by atoms with E-state index in [0.29, 0.717) is 24.9 Å². The number of carbonyl (C=O) groups is 1. The van der Waals surface area contributed by atoms with Gasteiger partial charge in [-0.3, -0.25) is 4.79 Å². The number of ether oxygens (including phenoxy) is 1. The van der Waals surface area contributed by atoms with Gasteiger partial charge in [-0.1, -0.05) is 13.8 Å². The zero-order valence-corrected chi connectivity index (χ0v) is 12.1. The number of unbranched alkanes of at least 4 members (excludes halogenated alkanes) is 1. The molecule has 1 rings (SSSR count). The molecule has 0 aromatic heterocycles. The summed E-state index contributed by atoms with van der Waals surface area (Å²) in [6, 6.07) is 0. The van der Waals surface area contributed by atoms with E-state index in [9.17, 15) is 4.79 Å². The van der Waals surface area contributed by atoms with Gasteiger partial charge in [0.1, 0.15) is 5.60 Å². The van der Waals surface area contributed by atoms with Crippen LogP contribution in [-0.4, -0.2) is 18.0 Å². The van der Waals surface area contributed by atoms with Gasteiger partial charge in [-0.25, -0.2) is 0 Å². The topological polar surface area (TPSA) is 26.3 Å². The molecule has 0 heterocycles. The van der Waals surface area contributed by atoms with Crippen molar-refractivity contribution in [3.8, 4) is 12.3 Å². The van der Waals surface area contributed by atoms with Gasteiger partial charge in [0.2, 0.25) is 0 Å². The lowest BCUT2D eigenvalue weighted by Crippen LogP contribution is -2.46.